The molecule has 2 aromatic rings. The molecule has 21 heavy (non-hydrogen) atoms. The Bertz CT molecular complexity index is 570. The van der Waals surface area contributed by atoms with Gasteiger partial charge in [-0.15, -0.1) is 11.3 Å². The highest BCUT2D eigenvalue weighted by molar-refractivity contribution is 7.17. The Labute approximate surface area is 132 Å². The average molecular weight is 305 g/mol. The topological polar surface area (TPSA) is 21.3 Å². The third-order valence-corrected chi connectivity index (χ3v) is 4.85. The van der Waals surface area contributed by atoms with E-state index in [-0.39, 0.29) is 17.6 Å². The van der Waals surface area contributed by atoms with Crippen LogP contribution in [0.3, 0.4) is 0 Å². The van der Waals surface area contributed by atoms with Gasteiger partial charge in [-0.25, -0.2) is 0 Å². The number of methoxy groups -OCH3 is 1. The number of rotatable bonds is 6. The Morgan fingerprint density at radius 1 is 1.24 bits per heavy atom. The third-order valence-electron chi connectivity index (χ3n) is 3.87. The molecular weight excluding hydrogens is 278 g/mol. The summed E-state index contributed by atoms with van der Waals surface area (Å²) in [5.74, 6) is 0. The zero-order valence-corrected chi connectivity index (χ0v) is 14.6. The molecule has 2 rings (SSSR count). The molecule has 0 aliphatic heterocycles. The molecule has 0 saturated carbocycles. The molecule has 0 saturated heterocycles. The molecule has 2 atom stereocenters. The zero-order valence-electron chi connectivity index (χ0n) is 13.8. The lowest BCUT2D eigenvalue weighted by molar-refractivity contribution is -0.0115. The number of thiophene rings is 1. The predicted molar refractivity (Wildman–Crippen MR) is 93.1 cm³/mol. The van der Waals surface area contributed by atoms with Crippen LogP contribution in [-0.4, -0.2) is 19.8 Å². The summed E-state index contributed by atoms with van der Waals surface area (Å²) >= 11 is 1.82. The highest BCUT2D eigenvalue weighted by Crippen LogP contribution is 2.37. The summed E-state index contributed by atoms with van der Waals surface area (Å²) in [5.41, 5.74) is 1.44. The van der Waals surface area contributed by atoms with E-state index in [0.29, 0.717) is 0 Å². The van der Waals surface area contributed by atoms with Crippen molar-refractivity contribution in [1.82, 2.24) is 5.32 Å². The molecule has 2 nitrogen and oxygen atoms in total. The van der Waals surface area contributed by atoms with Crippen molar-refractivity contribution in [3.05, 3.63) is 35.2 Å². The normalized spacial score (nSPS) is 15.3. The van der Waals surface area contributed by atoms with Crippen molar-refractivity contribution in [3.63, 3.8) is 0 Å². The van der Waals surface area contributed by atoms with Crippen molar-refractivity contribution in [1.29, 1.82) is 0 Å². The molecule has 1 heterocycles. The third kappa shape index (κ3) is 3.65. The lowest BCUT2D eigenvalue weighted by atomic mass is 9.81. The number of fused-ring (bicyclic) bond motifs is 1. The lowest BCUT2D eigenvalue weighted by Gasteiger charge is -2.37. The van der Waals surface area contributed by atoms with Crippen LogP contribution in [0.1, 0.15) is 45.7 Å². The maximum Gasteiger partial charge on any atom is 0.0814 e. The van der Waals surface area contributed by atoms with Crippen LogP contribution in [0.5, 0.6) is 0 Å². The fourth-order valence-corrected chi connectivity index (χ4v) is 3.88. The van der Waals surface area contributed by atoms with Crippen molar-refractivity contribution < 1.29 is 4.74 Å². The second kappa shape index (κ2) is 6.91. The van der Waals surface area contributed by atoms with Gasteiger partial charge < -0.3 is 10.1 Å². The number of hydrogen-bond acceptors (Lipinski definition) is 3. The van der Waals surface area contributed by atoms with E-state index in [9.17, 15) is 0 Å². The summed E-state index contributed by atoms with van der Waals surface area (Å²) in [5, 5.41) is 7.20. The lowest BCUT2D eigenvalue weighted by Crippen LogP contribution is -2.41. The monoisotopic (exact) mass is 305 g/mol. The van der Waals surface area contributed by atoms with Crippen LogP contribution < -0.4 is 5.32 Å². The molecule has 0 spiro atoms. The van der Waals surface area contributed by atoms with Gasteiger partial charge in [0.15, 0.2) is 0 Å². The van der Waals surface area contributed by atoms with E-state index in [2.05, 4.69) is 62.7 Å². The van der Waals surface area contributed by atoms with Gasteiger partial charge in [0.2, 0.25) is 0 Å². The van der Waals surface area contributed by atoms with E-state index in [1.165, 1.54) is 15.6 Å². The van der Waals surface area contributed by atoms with Crippen molar-refractivity contribution in [2.24, 2.45) is 5.41 Å². The Balaban J connectivity index is 2.46. The highest BCUT2D eigenvalue weighted by Gasteiger charge is 2.34. The molecule has 0 bridgehead atoms. The van der Waals surface area contributed by atoms with Crippen molar-refractivity contribution in [2.75, 3.05) is 13.7 Å². The second-order valence-corrected chi connectivity index (χ2v) is 7.56. The van der Waals surface area contributed by atoms with E-state index >= 15 is 0 Å². The smallest absolute Gasteiger partial charge is 0.0814 e. The minimum atomic E-state index is 0.0829. The number of ether oxygens (including phenoxy) is 1. The summed E-state index contributed by atoms with van der Waals surface area (Å²) in [4.78, 5) is 0. The number of nitrogens with one attached hydrogen (secondary N) is 1. The van der Waals surface area contributed by atoms with E-state index in [1.807, 2.05) is 18.4 Å². The Kier molecular flexibility index (Phi) is 5.42. The summed E-state index contributed by atoms with van der Waals surface area (Å²) in [6, 6.07) is 8.99. The molecule has 0 amide bonds. The second-order valence-electron chi connectivity index (χ2n) is 6.64. The maximum absolute atomic E-state index is 5.90. The first-order valence-corrected chi connectivity index (χ1v) is 8.59. The van der Waals surface area contributed by atoms with E-state index in [4.69, 9.17) is 4.74 Å². The molecule has 2 unspecified atom stereocenters. The van der Waals surface area contributed by atoms with Crippen LogP contribution in [0.2, 0.25) is 0 Å². The largest absolute Gasteiger partial charge is 0.379 e. The summed E-state index contributed by atoms with van der Waals surface area (Å²) in [6.07, 6.45) is 1.26. The Morgan fingerprint density at radius 2 is 2.00 bits per heavy atom. The van der Waals surface area contributed by atoms with Gasteiger partial charge >= 0.3 is 0 Å². The molecular formula is C18H27NOS. The van der Waals surface area contributed by atoms with Crippen LogP contribution in [0.25, 0.3) is 10.1 Å². The molecule has 3 heteroatoms. The highest BCUT2D eigenvalue weighted by atomic mass is 32.1. The molecule has 0 aliphatic carbocycles. The number of benzene rings is 1. The van der Waals surface area contributed by atoms with E-state index in [1.54, 1.807) is 0 Å². The van der Waals surface area contributed by atoms with Gasteiger partial charge in [-0.1, -0.05) is 45.9 Å². The van der Waals surface area contributed by atoms with Gasteiger partial charge in [-0.2, -0.15) is 0 Å². The summed E-state index contributed by atoms with van der Waals surface area (Å²) in [7, 11) is 1.82. The van der Waals surface area contributed by atoms with Gasteiger partial charge in [0.05, 0.1) is 12.1 Å². The molecule has 1 aromatic heterocycles. The van der Waals surface area contributed by atoms with Crippen LogP contribution >= 0.6 is 11.3 Å². The number of hydrogen-bond donors (Lipinski definition) is 1. The SMILES string of the molecule is CCCNC(c1cccc2ccsc12)C(OC)C(C)(C)C. The average Bonchev–Trinajstić information content (AvgIpc) is 2.90. The molecule has 1 aromatic carbocycles. The zero-order chi connectivity index (χ0) is 15.5. The Morgan fingerprint density at radius 3 is 2.62 bits per heavy atom. The summed E-state index contributed by atoms with van der Waals surface area (Å²) in [6.45, 7) is 9.94. The fourth-order valence-electron chi connectivity index (χ4n) is 2.93. The summed E-state index contributed by atoms with van der Waals surface area (Å²) < 4.78 is 7.27. The fraction of sp³-hybridized carbons (Fsp3) is 0.556. The van der Waals surface area contributed by atoms with Crippen LogP contribution in [0.15, 0.2) is 29.6 Å². The van der Waals surface area contributed by atoms with Gasteiger partial charge in [0, 0.05) is 11.8 Å². The minimum Gasteiger partial charge on any atom is -0.379 e. The Hall–Kier alpha value is -0.900. The van der Waals surface area contributed by atoms with Crippen LogP contribution in [0.4, 0.5) is 0 Å². The molecule has 0 aliphatic rings. The van der Waals surface area contributed by atoms with Crippen LogP contribution in [0, 0.1) is 5.41 Å². The first-order valence-electron chi connectivity index (χ1n) is 7.71. The molecule has 116 valence electrons. The van der Waals surface area contributed by atoms with E-state index < -0.39 is 0 Å². The van der Waals surface area contributed by atoms with Crippen LogP contribution in [-0.2, 0) is 4.74 Å². The molecule has 0 radical (unpaired) electrons. The van der Waals surface area contributed by atoms with Gasteiger partial charge in [0.1, 0.15) is 0 Å². The standard InChI is InChI=1S/C18H27NOS/c1-6-11-19-15(17(20-5)18(2,3)4)14-9-7-8-13-10-12-21-16(13)14/h7-10,12,15,17,19H,6,11H2,1-5H3. The van der Waals surface area contributed by atoms with Gasteiger partial charge in [-0.05, 0) is 40.8 Å². The predicted octanol–water partition coefficient (Wildman–Crippen LogP) is 5.00. The quantitative estimate of drug-likeness (QED) is 0.810. The van der Waals surface area contributed by atoms with Crippen molar-refractivity contribution in [3.8, 4) is 0 Å². The van der Waals surface area contributed by atoms with Gasteiger partial charge in [0.25, 0.3) is 0 Å². The van der Waals surface area contributed by atoms with Crippen molar-refractivity contribution in [2.45, 2.75) is 46.3 Å². The first kappa shape index (κ1) is 16.5. The first-order chi connectivity index (χ1) is 9.99. The van der Waals surface area contributed by atoms with E-state index in [0.717, 1.165) is 13.0 Å². The molecule has 1 N–H and O–H groups in total. The van der Waals surface area contributed by atoms with Crippen molar-refractivity contribution >= 4 is 21.4 Å². The molecule has 0 fully saturated rings. The maximum atomic E-state index is 5.90. The van der Waals surface area contributed by atoms with Gasteiger partial charge in [-0.3, -0.25) is 0 Å². The minimum absolute atomic E-state index is 0.0829.